The van der Waals surface area contributed by atoms with Crippen molar-refractivity contribution < 1.29 is 17.9 Å². The summed E-state index contributed by atoms with van der Waals surface area (Å²) < 4.78 is 32.3. The van der Waals surface area contributed by atoms with Crippen LogP contribution >= 0.6 is 0 Å². The maximum atomic E-state index is 12.3. The number of amides is 1. The van der Waals surface area contributed by atoms with Crippen LogP contribution in [0.2, 0.25) is 0 Å². The first kappa shape index (κ1) is 19.0. The van der Waals surface area contributed by atoms with Crippen molar-refractivity contribution in [2.75, 3.05) is 7.11 Å². The molecule has 0 aliphatic carbocycles. The van der Waals surface area contributed by atoms with Gasteiger partial charge in [0, 0.05) is 12.1 Å². The number of aryl methyl sites for hydroxylation is 1. The zero-order valence-electron chi connectivity index (χ0n) is 14.4. The Kier molecular flexibility index (Phi) is 6.17. The average molecular weight is 362 g/mol. The predicted octanol–water partition coefficient (Wildman–Crippen LogP) is 1.99. The molecule has 25 heavy (non-hydrogen) atoms. The van der Waals surface area contributed by atoms with Gasteiger partial charge in [-0.25, -0.2) is 8.42 Å². The molecular weight excluding hydrogens is 340 g/mol. The molecule has 0 spiro atoms. The van der Waals surface area contributed by atoms with Gasteiger partial charge in [-0.2, -0.15) is 4.72 Å². The van der Waals surface area contributed by atoms with Crippen molar-refractivity contribution in [1.82, 2.24) is 10.0 Å². The van der Waals surface area contributed by atoms with E-state index in [0.717, 1.165) is 11.1 Å². The summed E-state index contributed by atoms with van der Waals surface area (Å²) in [4.78, 5) is 12.3. The Morgan fingerprint density at radius 1 is 1.12 bits per heavy atom. The minimum atomic E-state index is -3.75. The van der Waals surface area contributed by atoms with Crippen LogP contribution in [-0.2, 0) is 21.4 Å². The minimum absolute atomic E-state index is 0.127. The highest BCUT2D eigenvalue weighted by atomic mass is 32.2. The Labute approximate surface area is 148 Å². The maximum Gasteiger partial charge on any atom is 0.241 e. The smallest absolute Gasteiger partial charge is 0.241 e. The van der Waals surface area contributed by atoms with Crippen LogP contribution < -0.4 is 14.8 Å². The number of methoxy groups -OCH3 is 1. The normalized spacial score (nSPS) is 12.4. The first-order valence-corrected chi connectivity index (χ1v) is 9.30. The van der Waals surface area contributed by atoms with E-state index >= 15 is 0 Å². The number of benzene rings is 2. The Bertz CT molecular complexity index is 832. The Balaban J connectivity index is 1.99. The van der Waals surface area contributed by atoms with Crippen molar-refractivity contribution in [1.29, 1.82) is 0 Å². The van der Waals surface area contributed by atoms with Crippen LogP contribution in [-0.4, -0.2) is 27.5 Å². The molecule has 1 amide bonds. The number of carbonyl (C=O) groups excluding carboxylic acids is 1. The summed E-state index contributed by atoms with van der Waals surface area (Å²) in [5.41, 5.74) is 1.77. The molecule has 2 N–H and O–H groups in total. The van der Waals surface area contributed by atoms with E-state index in [4.69, 9.17) is 4.74 Å². The quantitative estimate of drug-likeness (QED) is 0.789. The summed E-state index contributed by atoms with van der Waals surface area (Å²) in [5.74, 6) is 0.247. The third-order valence-electron chi connectivity index (χ3n) is 3.70. The molecule has 2 aromatic carbocycles. The fraction of sp³-hybridized carbons (Fsp3) is 0.278. The van der Waals surface area contributed by atoms with Gasteiger partial charge in [0.1, 0.15) is 5.75 Å². The van der Waals surface area contributed by atoms with E-state index < -0.39 is 22.0 Å². The largest absolute Gasteiger partial charge is 0.496 e. The summed E-state index contributed by atoms with van der Waals surface area (Å²) in [6, 6.07) is 12.8. The monoisotopic (exact) mass is 362 g/mol. The van der Waals surface area contributed by atoms with Crippen molar-refractivity contribution in [2.24, 2.45) is 0 Å². The minimum Gasteiger partial charge on any atom is -0.496 e. The highest BCUT2D eigenvalue weighted by Gasteiger charge is 2.21. The lowest BCUT2D eigenvalue weighted by molar-refractivity contribution is -0.122. The third-order valence-corrected chi connectivity index (χ3v) is 5.26. The van der Waals surface area contributed by atoms with Crippen LogP contribution in [0.1, 0.15) is 18.1 Å². The number of carbonyl (C=O) groups is 1. The molecule has 0 fully saturated rings. The first-order chi connectivity index (χ1) is 11.8. The van der Waals surface area contributed by atoms with E-state index in [1.165, 1.54) is 19.1 Å². The lowest BCUT2D eigenvalue weighted by Gasteiger charge is -2.15. The van der Waals surface area contributed by atoms with Gasteiger partial charge in [0.15, 0.2) is 0 Å². The van der Waals surface area contributed by atoms with E-state index in [1.807, 2.05) is 25.1 Å². The third kappa shape index (κ3) is 5.04. The van der Waals surface area contributed by atoms with Gasteiger partial charge in [-0.05, 0) is 32.0 Å². The molecule has 0 saturated heterocycles. The van der Waals surface area contributed by atoms with E-state index in [0.29, 0.717) is 5.75 Å². The lowest BCUT2D eigenvalue weighted by atomic mass is 10.2. The van der Waals surface area contributed by atoms with Gasteiger partial charge in [0.05, 0.1) is 18.0 Å². The van der Waals surface area contributed by atoms with E-state index in [2.05, 4.69) is 10.0 Å². The molecular formula is C18H22N2O4S. The van der Waals surface area contributed by atoms with E-state index in [9.17, 15) is 13.2 Å². The van der Waals surface area contributed by atoms with Crippen LogP contribution in [0.25, 0.3) is 0 Å². The molecule has 1 atom stereocenters. The molecule has 2 aromatic rings. The van der Waals surface area contributed by atoms with Gasteiger partial charge < -0.3 is 10.1 Å². The van der Waals surface area contributed by atoms with Crippen LogP contribution in [0.15, 0.2) is 53.4 Å². The Morgan fingerprint density at radius 3 is 2.40 bits per heavy atom. The maximum absolute atomic E-state index is 12.3. The molecule has 0 bridgehead atoms. The summed E-state index contributed by atoms with van der Waals surface area (Å²) in [6.45, 7) is 3.63. The summed E-state index contributed by atoms with van der Waals surface area (Å²) in [7, 11) is -2.20. The van der Waals surface area contributed by atoms with Gasteiger partial charge >= 0.3 is 0 Å². The van der Waals surface area contributed by atoms with Crippen LogP contribution in [0, 0.1) is 6.92 Å². The molecule has 7 heteroatoms. The van der Waals surface area contributed by atoms with E-state index in [-0.39, 0.29) is 11.4 Å². The van der Waals surface area contributed by atoms with E-state index in [1.54, 1.807) is 25.3 Å². The molecule has 6 nitrogen and oxygen atoms in total. The second-order valence-corrected chi connectivity index (χ2v) is 7.40. The molecule has 0 aromatic heterocycles. The molecule has 2 rings (SSSR count). The molecule has 0 radical (unpaired) electrons. The molecule has 0 heterocycles. The van der Waals surface area contributed by atoms with Crippen LogP contribution in [0.5, 0.6) is 5.75 Å². The topological polar surface area (TPSA) is 84.5 Å². The van der Waals surface area contributed by atoms with Gasteiger partial charge in [0.25, 0.3) is 0 Å². The molecule has 0 saturated carbocycles. The SMILES string of the molecule is COc1ccccc1CNC(=O)[C@@H](C)NS(=O)(=O)c1ccc(C)cc1. The zero-order valence-corrected chi connectivity index (χ0v) is 15.3. The standard InChI is InChI=1S/C18H22N2O4S/c1-13-8-10-16(11-9-13)25(22,23)20-14(2)18(21)19-12-15-6-4-5-7-17(15)24-3/h4-11,14,20H,12H2,1-3H3,(H,19,21)/t14-/m1/s1. The summed E-state index contributed by atoms with van der Waals surface area (Å²) in [5, 5.41) is 2.71. The van der Waals surface area contributed by atoms with Gasteiger partial charge in [0.2, 0.25) is 15.9 Å². The number of hydrogen-bond donors (Lipinski definition) is 2. The second-order valence-electron chi connectivity index (χ2n) is 5.69. The molecule has 0 unspecified atom stereocenters. The van der Waals surface area contributed by atoms with Crippen LogP contribution in [0.3, 0.4) is 0 Å². The average Bonchev–Trinajstić information content (AvgIpc) is 2.59. The highest BCUT2D eigenvalue weighted by Crippen LogP contribution is 2.16. The summed E-state index contributed by atoms with van der Waals surface area (Å²) in [6.07, 6.45) is 0. The van der Waals surface area contributed by atoms with Crippen molar-refractivity contribution in [2.45, 2.75) is 31.3 Å². The number of ether oxygens (including phenoxy) is 1. The van der Waals surface area contributed by atoms with Crippen molar-refractivity contribution in [3.63, 3.8) is 0 Å². The van der Waals surface area contributed by atoms with Crippen molar-refractivity contribution in [3.05, 3.63) is 59.7 Å². The fourth-order valence-corrected chi connectivity index (χ4v) is 3.46. The number of hydrogen-bond acceptors (Lipinski definition) is 4. The number of nitrogens with one attached hydrogen (secondary N) is 2. The lowest BCUT2D eigenvalue weighted by Crippen LogP contribution is -2.44. The van der Waals surface area contributed by atoms with Gasteiger partial charge in [-0.1, -0.05) is 35.9 Å². The van der Waals surface area contributed by atoms with Crippen molar-refractivity contribution in [3.8, 4) is 5.75 Å². The highest BCUT2D eigenvalue weighted by molar-refractivity contribution is 7.89. The number of sulfonamides is 1. The first-order valence-electron chi connectivity index (χ1n) is 7.82. The number of rotatable bonds is 7. The molecule has 0 aliphatic heterocycles. The summed E-state index contributed by atoms with van der Waals surface area (Å²) >= 11 is 0. The molecule has 134 valence electrons. The number of para-hydroxylation sites is 1. The Hall–Kier alpha value is -2.38. The Morgan fingerprint density at radius 2 is 1.76 bits per heavy atom. The van der Waals surface area contributed by atoms with Gasteiger partial charge in [-0.3, -0.25) is 4.79 Å². The van der Waals surface area contributed by atoms with Crippen LogP contribution in [0.4, 0.5) is 0 Å². The molecule has 0 aliphatic rings. The predicted molar refractivity (Wildman–Crippen MR) is 95.8 cm³/mol. The zero-order chi connectivity index (χ0) is 18.4. The fourth-order valence-electron chi connectivity index (χ4n) is 2.26. The van der Waals surface area contributed by atoms with Gasteiger partial charge in [-0.15, -0.1) is 0 Å². The second kappa shape index (κ2) is 8.13. The van der Waals surface area contributed by atoms with Crippen molar-refractivity contribution >= 4 is 15.9 Å².